The van der Waals surface area contributed by atoms with Crippen molar-refractivity contribution >= 4 is 11.3 Å². The third-order valence-electron chi connectivity index (χ3n) is 2.92. The van der Waals surface area contributed by atoms with Crippen molar-refractivity contribution in [3.05, 3.63) is 45.6 Å². The van der Waals surface area contributed by atoms with Gasteiger partial charge in [-0.15, -0.1) is 11.3 Å². The van der Waals surface area contributed by atoms with Gasteiger partial charge in [-0.2, -0.15) is 0 Å². The lowest BCUT2D eigenvalue weighted by Gasteiger charge is -2.08. The fourth-order valence-electron chi connectivity index (χ4n) is 1.87. The van der Waals surface area contributed by atoms with Gasteiger partial charge < -0.3 is 15.5 Å². The van der Waals surface area contributed by atoms with E-state index in [0.29, 0.717) is 12.1 Å². The maximum absolute atomic E-state index is 9.67. The average Bonchev–Trinajstić information content (AvgIpc) is 2.82. The molecule has 0 aliphatic heterocycles. The zero-order valence-corrected chi connectivity index (χ0v) is 11.1. The second kappa shape index (κ2) is 5.89. The molecule has 0 amide bonds. The summed E-state index contributed by atoms with van der Waals surface area (Å²) in [5, 5.41) is 24.4. The van der Waals surface area contributed by atoms with Crippen molar-refractivity contribution in [2.45, 2.75) is 26.4 Å². The van der Waals surface area contributed by atoms with E-state index < -0.39 is 0 Å². The Balaban J connectivity index is 1.94. The van der Waals surface area contributed by atoms with E-state index in [4.69, 9.17) is 0 Å². The summed E-state index contributed by atoms with van der Waals surface area (Å²) in [5.74, 6) is -0.105. The SMILES string of the molecule is CCc1ccsc1CNCc1cccc(O)c1O. The molecule has 0 atom stereocenters. The molecule has 1 aromatic heterocycles. The normalized spacial score (nSPS) is 10.7. The number of benzene rings is 1. The van der Waals surface area contributed by atoms with Gasteiger partial charge in [0.15, 0.2) is 11.5 Å². The van der Waals surface area contributed by atoms with Gasteiger partial charge in [-0.05, 0) is 29.5 Å². The van der Waals surface area contributed by atoms with Gasteiger partial charge in [0, 0.05) is 23.5 Å². The Labute approximate surface area is 111 Å². The first kappa shape index (κ1) is 12.9. The van der Waals surface area contributed by atoms with Crippen molar-refractivity contribution in [1.29, 1.82) is 0 Å². The Kier molecular flexibility index (Phi) is 4.23. The first-order valence-corrected chi connectivity index (χ1v) is 6.86. The molecule has 0 radical (unpaired) electrons. The van der Waals surface area contributed by atoms with E-state index in [1.54, 1.807) is 23.5 Å². The Bertz CT molecular complexity index is 522. The summed E-state index contributed by atoms with van der Waals surface area (Å²) in [6.07, 6.45) is 1.04. The minimum absolute atomic E-state index is 0.0353. The van der Waals surface area contributed by atoms with Gasteiger partial charge in [0.1, 0.15) is 0 Å². The molecule has 1 aromatic carbocycles. The van der Waals surface area contributed by atoms with Crippen LogP contribution in [-0.2, 0) is 19.5 Å². The molecule has 0 spiro atoms. The van der Waals surface area contributed by atoms with Crippen molar-refractivity contribution < 1.29 is 10.2 Å². The van der Waals surface area contributed by atoms with Crippen LogP contribution in [0.5, 0.6) is 11.5 Å². The molecular formula is C14H17NO2S. The van der Waals surface area contributed by atoms with Crippen LogP contribution in [0, 0.1) is 0 Å². The fraction of sp³-hybridized carbons (Fsp3) is 0.286. The van der Waals surface area contributed by atoms with Gasteiger partial charge in [-0.1, -0.05) is 19.1 Å². The van der Waals surface area contributed by atoms with E-state index in [9.17, 15) is 10.2 Å². The monoisotopic (exact) mass is 263 g/mol. The number of para-hydroxylation sites is 1. The van der Waals surface area contributed by atoms with Crippen molar-refractivity contribution in [1.82, 2.24) is 5.32 Å². The highest BCUT2D eigenvalue weighted by atomic mass is 32.1. The van der Waals surface area contributed by atoms with Gasteiger partial charge in [-0.3, -0.25) is 0 Å². The fourth-order valence-corrected chi connectivity index (χ4v) is 2.81. The second-order valence-electron chi connectivity index (χ2n) is 4.11. The first-order valence-electron chi connectivity index (χ1n) is 5.98. The number of nitrogens with one attached hydrogen (secondary N) is 1. The molecule has 0 unspecified atom stereocenters. The third-order valence-corrected chi connectivity index (χ3v) is 3.88. The topological polar surface area (TPSA) is 52.5 Å². The van der Waals surface area contributed by atoms with Crippen LogP contribution in [0.25, 0.3) is 0 Å². The second-order valence-corrected chi connectivity index (χ2v) is 5.11. The molecule has 1 heterocycles. The van der Waals surface area contributed by atoms with Crippen molar-refractivity contribution in [3.8, 4) is 11.5 Å². The molecule has 4 heteroatoms. The number of phenols is 2. The lowest BCUT2D eigenvalue weighted by Crippen LogP contribution is -2.12. The Morgan fingerprint density at radius 3 is 2.72 bits per heavy atom. The number of phenolic OH excluding ortho intramolecular Hbond substituents is 2. The largest absolute Gasteiger partial charge is 0.504 e. The van der Waals surface area contributed by atoms with Crippen molar-refractivity contribution in [2.75, 3.05) is 0 Å². The standard InChI is InChI=1S/C14H17NO2S/c1-2-10-6-7-18-13(10)9-15-8-11-4-3-5-12(16)14(11)17/h3-7,15-17H,2,8-9H2,1H3. The minimum Gasteiger partial charge on any atom is -0.504 e. The number of aromatic hydroxyl groups is 2. The molecule has 2 rings (SSSR count). The maximum atomic E-state index is 9.67. The molecule has 0 bridgehead atoms. The molecule has 96 valence electrons. The van der Waals surface area contributed by atoms with Crippen LogP contribution in [-0.4, -0.2) is 10.2 Å². The molecule has 0 saturated carbocycles. The van der Waals surface area contributed by atoms with Crippen LogP contribution in [0.15, 0.2) is 29.6 Å². The molecule has 0 fully saturated rings. The Morgan fingerprint density at radius 2 is 1.94 bits per heavy atom. The van der Waals surface area contributed by atoms with Gasteiger partial charge in [0.2, 0.25) is 0 Å². The van der Waals surface area contributed by atoms with E-state index in [1.165, 1.54) is 16.5 Å². The van der Waals surface area contributed by atoms with E-state index >= 15 is 0 Å². The maximum Gasteiger partial charge on any atom is 0.161 e. The van der Waals surface area contributed by atoms with Gasteiger partial charge in [0.25, 0.3) is 0 Å². The molecule has 0 aliphatic rings. The van der Waals surface area contributed by atoms with Crippen LogP contribution in [0.1, 0.15) is 22.9 Å². The first-order chi connectivity index (χ1) is 8.72. The van der Waals surface area contributed by atoms with Crippen LogP contribution >= 0.6 is 11.3 Å². The highest BCUT2D eigenvalue weighted by molar-refractivity contribution is 7.10. The molecular weight excluding hydrogens is 246 g/mol. The van der Waals surface area contributed by atoms with Crippen LogP contribution in [0.4, 0.5) is 0 Å². The number of hydrogen-bond donors (Lipinski definition) is 3. The molecule has 0 saturated heterocycles. The average molecular weight is 263 g/mol. The zero-order valence-electron chi connectivity index (χ0n) is 10.3. The van der Waals surface area contributed by atoms with E-state index in [-0.39, 0.29) is 11.5 Å². The lowest BCUT2D eigenvalue weighted by molar-refractivity contribution is 0.397. The Hall–Kier alpha value is -1.52. The van der Waals surface area contributed by atoms with Crippen molar-refractivity contribution in [2.24, 2.45) is 0 Å². The van der Waals surface area contributed by atoms with Crippen LogP contribution < -0.4 is 5.32 Å². The summed E-state index contributed by atoms with van der Waals surface area (Å²) in [4.78, 5) is 1.33. The summed E-state index contributed by atoms with van der Waals surface area (Å²) in [6.45, 7) is 3.48. The number of aryl methyl sites for hydroxylation is 1. The molecule has 18 heavy (non-hydrogen) atoms. The number of thiophene rings is 1. The van der Waals surface area contributed by atoms with E-state index in [2.05, 4.69) is 23.7 Å². The third kappa shape index (κ3) is 2.83. The Morgan fingerprint density at radius 1 is 1.11 bits per heavy atom. The van der Waals surface area contributed by atoms with Gasteiger partial charge in [-0.25, -0.2) is 0 Å². The molecule has 0 aliphatic carbocycles. The van der Waals surface area contributed by atoms with Crippen molar-refractivity contribution in [3.63, 3.8) is 0 Å². The summed E-state index contributed by atoms with van der Waals surface area (Å²) >= 11 is 1.74. The predicted octanol–water partition coefficient (Wildman–Crippen LogP) is 3.01. The quantitative estimate of drug-likeness (QED) is 0.727. The lowest BCUT2D eigenvalue weighted by atomic mass is 10.1. The van der Waals surface area contributed by atoms with Crippen LogP contribution in [0.2, 0.25) is 0 Å². The summed E-state index contributed by atoms with van der Waals surface area (Å²) in [6, 6.07) is 7.16. The van der Waals surface area contributed by atoms with Crippen LogP contribution in [0.3, 0.4) is 0 Å². The number of rotatable bonds is 5. The molecule has 2 aromatic rings. The minimum atomic E-state index is -0.0697. The summed E-state index contributed by atoms with van der Waals surface area (Å²) in [7, 11) is 0. The predicted molar refractivity (Wildman–Crippen MR) is 74.0 cm³/mol. The number of hydrogen-bond acceptors (Lipinski definition) is 4. The summed E-state index contributed by atoms with van der Waals surface area (Å²) in [5.41, 5.74) is 2.08. The highest BCUT2D eigenvalue weighted by Gasteiger charge is 2.06. The van der Waals surface area contributed by atoms with Gasteiger partial charge in [0.05, 0.1) is 0 Å². The van der Waals surface area contributed by atoms with E-state index in [0.717, 1.165) is 13.0 Å². The van der Waals surface area contributed by atoms with Gasteiger partial charge >= 0.3 is 0 Å². The molecule has 3 N–H and O–H groups in total. The highest BCUT2D eigenvalue weighted by Crippen LogP contribution is 2.28. The van der Waals surface area contributed by atoms with E-state index in [1.807, 2.05) is 0 Å². The zero-order chi connectivity index (χ0) is 13.0. The summed E-state index contributed by atoms with van der Waals surface area (Å²) < 4.78 is 0. The molecule has 3 nitrogen and oxygen atoms in total. The smallest absolute Gasteiger partial charge is 0.161 e.